The third-order valence-electron chi connectivity index (χ3n) is 5.14. The number of nitrogens with two attached hydrogens (primary N) is 1. The first-order chi connectivity index (χ1) is 15.1. The number of imidazole rings is 1. The number of nitrogens with zero attached hydrogens (tertiary/aromatic N) is 1. The van der Waals surface area contributed by atoms with Crippen molar-refractivity contribution < 1.29 is 14.6 Å². The van der Waals surface area contributed by atoms with Crippen LogP contribution in [0.2, 0.25) is 0 Å². The Morgan fingerprint density at radius 3 is 2.87 bits per heavy atom. The third kappa shape index (κ3) is 5.42. The molecule has 4 rings (SSSR count). The van der Waals surface area contributed by atoms with Gasteiger partial charge in [0, 0.05) is 36.9 Å². The van der Waals surface area contributed by atoms with Crippen LogP contribution in [0.4, 0.5) is 11.6 Å². The first kappa shape index (κ1) is 20.9. The molecule has 8 heteroatoms. The highest BCUT2D eigenvalue weighted by Crippen LogP contribution is 2.28. The number of aromatic amines is 1. The van der Waals surface area contributed by atoms with Gasteiger partial charge < -0.3 is 31.2 Å². The number of anilines is 2. The molecule has 0 aliphatic carbocycles. The van der Waals surface area contributed by atoms with E-state index < -0.39 is 0 Å². The highest BCUT2D eigenvalue weighted by Gasteiger charge is 2.18. The van der Waals surface area contributed by atoms with E-state index in [1.54, 1.807) is 6.20 Å². The zero-order valence-corrected chi connectivity index (χ0v) is 17.2. The molecule has 1 aliphatic heterocycles. The number of aliphatic hydroxyl groups is 1. The van der Waals surface area contributed by atoms with Crippen molar-refractivity contribution in [3.8, 4) is 17.0 Å². The van der Waals surface area contributed by atoms with Gasteiger partial charge in [-0.1, -0.05) is 18.2 Å². The van der Waals surface area contributed by atoms with E-state index in [2.05, 4.69) is 20.6 Å². The maximum absolute atomic E-state index is 11.5. The lowest BCUT2D eigenvalue weighted by Gasteiger charge is -2.13. The van der Waals surface area contributed by atoms with Crippen LogP contribution >= 0.6 is 0 Å². The molecule has 0 fully saturated rings. The summed E-state index contributed by atoms with van der Waals surface area (Å²) < 4.78 is 5.54. The molecule has 3 aromatic rings. The number of hydrogen-bond acceptors (Lipinski definition) is 6. The molecule has 0 bridgehead atoms. The Morgan fingerprint density at radius 2 is 2.06 bits per heavy atom. The van der Waals surface area contributed by atoms with Crippen molar-refractivity contribution in [2.24, 2.45) is 5.73 Å². The molecule has 0 saturated carbocycles. The number of hydrogen-bond donors (Lipinski definition) is 5. The van der Waals surface area contributed by atoms with Gasteiger partial charge in [-0.2, -0.15) is 0 Å². The zero-order valence-electron chi connectivity index (χ0n) is 17.2. The highest BCUT2D eigenvalue weighted by molar-refractivity contribution is 5.99. The van der Waals surface area contributed by atoms with Gasteiger partial charge >= 0.3 is 0 Å². The van der Waals surface area contributed by atoms with Gasteiger partial charge in [-0.25, -0.2) is 4.98 Å². The predicted molar refractivity (Wildman–Crippen MR) is 120 cm³/mol. The van der Waals surface area contributed by atoms with Crippen LogP contribution in [0.25, 0.3) is 11.3 Å². The average molecular weight is 422 g/mol. The van der Waals surface area contributed by atoms with E-state index in [-0.39, 0.29) is 18.6 Å². The monoisotopic (exact) mass is 421 g/mol. The topological polar surface area (TPSA) is 125 Å². The molecule has 6 N–H and O–H groups in total. The van der Waals surface area contributed by atoms with Gasteiger partial charge in [0.25, 0.3) is 0 Å². The number of benzene rings is 2. The minimum atomic E-state index is -0.0770. The van der Waals surface area contributed by atoms with E-state index in [4.69, 9.17) is 15.6 Å². The van der Waals surface area contributed by atoms with E-state index in [9.17, 15) is 4.79 Å². The van der Waals surface area contributed by atoms with Gasteiger partial charge in [-0.3, -0.25) is 4.79 Å². The van der Waals surface area contributed by atoms with Crippen molar-refractivity contribution in [3.63, 3.8) is 0 Å². The van der Waals surface area contributed by atoms with E-state index >= 15 is 0 Å². The maximum Gasteiger partial charge on any atom is 0.228 e. The largest absolute Gasteiger partial charge is 0.494 e. The number of H-pyrrole nitrogens is 1. The van der Waals surface area contributed by atoms with E-state index in [1.165, 1.54) is 0 Å². The highest BCUT2D eigenvalue weighted by atomic mass is 16.5. The Kier molecular flexibility index (Phi) is 6.49. The molecule has 2 aromatic carbocycles. The second kappa shape index (κ2) is 9.63. The summed E-state index contributed by atoms with van der Waals surface area (Å²) in [6, 6.07) is 13.7. The summed E-state index contributed by atoms with van der Waals surface area (Å²) in [6.07, 6.45) is 3.53. The quantitative estimate of drug-likeness (QED) is 0.320. The molecule has 0 radical (unpaired) electrons. The summed E-state index contributed by atoms with van der Waals surface area (Å²) in [5, 5.41) is 14.9. The van der Waals surface area contributed by atoms with Crippen molar-refractivity contribution in [2.75, 3.05) is 30.4 Å². The Bertz CT molecular complexity index is 1030. The number of fused-ring (bicyclic) bond motifs is 1. The van der Waals surface area contributed by atoms with E-state index in [0.29, 0.717) is 31.9 Å². The number of nitrogens with one attached hydrogen (secondary N) is 3. The molecule has 0 spiro atoms. The number of aliphatic hydroxyl groups excluding tert-OH is 1. The summed E-state index contributed by atoms with van der Waals surface area (Å²) in [5.41, 5.74) is 11.2. The van der Waals surface area contributed by atoms with Gasteiger partial charge in [0.1, 0.15) is 5.75 Å². The summed E-state index contributed by atoms with van der Waals surface area (Å²) in [7, 11) is 0. The first-order valence-electron chi connectivity index (χ1n) is 10.4. The molecule has 8 nitrogen and oxygen atoms in total. The van der Waals surface area contributed by atoms with Crippen molar-refractivity contribution in [1.29, 1.82) is 0 Å². The summed E-state index contributed by atoms with van der Waals surface area (Å²) in [4.78, 5) is 19.2. The lowest BCUT2D eigenvalue weighted by molar-refractivity contribution is -0.115. The molecule has 31 heavy (non-hydrogen) atoms. The van der Waals surface area contributed by atoms with Crippen molar-refractivity contribution in [1.82, 2.24) is 9.97 Å². The molecule has 1 aromatic heterocycles. The zero-order chi connectivity index (χ0) is 21.6. The minimum absolute atomic E-state index is 0.0250. The number of amides is 1. The van der Waals surface area contributed by atoms with Crippen LogP contribution in [0.5, 0.6) is 5.75 Å². The molecule has 162 valence electrons. The Morgan fingerprint density at radius 1 is 1.23 bits per heavy atom. The molecule has 1 atom stereocenters. The van der Waals surface area contributed by atoms with Crippen LogP contribution in [-0.2, 0) is 17.6 Å². The second-order valence-electron chi connectivity index (χ2n) is 7.66. The molecule has 0 saturated heterocycles. The predicted octanol–water partition coefficient (Wildman–Crippen LogP) is 2.31. The van der Waals surface area contributed by atoms with Crippen LogP contribution in [0.1, 0.15) is 17.5 Å². The second-order valence-corrected chi connectivity index (χ2v) is 7.66. The SMILES string of the molecule is N[C@H](CNc1ncc(-c2ccc3c(c2)CC(=O)N3)[nH]1)Cc1ccc(OCCCO)cc1. The lowest BCUT2D eigenvalue weighted by Crippen LogP contribution is -2.31. The standard InChI is InChI=1S/C23H27N5O3/c24-18(10-15-2-5-19(6-3-15)31-9-1-8-29)13-25-23-26-14-21(28-23)16-4-7-20-17(11-16)12-22(30)27-20/h2-7,11,14,18,29H,1,8-10,12-13,24H2,(H,27,30)(H2,25,26,28)/t18-/m0/s1. The fraction of sp³-hybridized carbons (Fsp3) is 0.304. The number of rotatable bonds is 10. The fourth-order valence-corrected chi connectivity index (χ4v) is 3.53. The summed E-state index contributed by atoms with van der Waals surface area (Å²) >= 11 is 0. The first-order valence-corrected chi connectivity index (χ1v) is 10.4. The van der Waals surface area contributed by atoms with Gasteiger partial charge in [0.15, 0.2) is 0 Å². The van der Waals surface area contributed by atoms with Crippen LogP contribution in [-0.4, -0.2) is 46.8 Å². The van der Waals surface area contributed by atoms with Crippen LogP contribution in [0.15, 0.2) is 48.7 Å². The van der Waals surface area contributed by atoms with E-state index in [0.717, 1.165) is 40.2 Å². The van der Waals surface area contributed by atoms with Crippen LogP contribution in [0.3, 0.4) is 0 Å². The van der Waals surface area contributed by atoms with Crippen LogP contribution in [0, 0.1) is 0 Å². The van der Waals surface area contributed by atoms with Gasteiger partial charge in [0.05, 0.1) is 24.9 Å². The van der Waals surface area contributed by atoms with Crippen molar-refractivity contribution in [2.45, 2.75) is 25.3 Å². The molecule has 1 aliphatic rings. The van der Waals surface area contributed by atoms with Crippen molar-refractivity contribution >= 4 is 17.5 Å². The third-order valence-corrected chi connectivity index (χ3v) is 5.14. The average Bonchev–Trinajstić information content (AvgIpc) is 3.39. The van der Waals surface area contributed by atoms with Gasteiger partial charge in [-0.05, 0) is 41.8 Å². The maximum atomic E-state index is 11.5. The number of carbonyl (C=O) groups excluding carboxylic acids is 1. The Labute approximate surface area is 180 Å². The van der Waals surface area contributed by atoms with Crippen molar-refractivity contribution in [3.05, 3.63) is 59.8 Å². The number of carbonyl (C=O) groups is 1. The van der Waals surface area contributed by atoms with Gasteiger partial charge in [0.2, 0.25) is 11.9 Å². The summed E-state index contributed by atoms with van der Waals surface area (Å²) in [5.74, 6) is 1.48. The molecule has 2 heterocycles. The smallest absolute Gasteiger partial charge is 0.228 e. The molecule has 0 unspecified atom stereocenters. The lowest BCUT2D eigenvalue weighted by atomic mass is 10.1. The number of ether oxygens (including phenoxy) is 1. The molecule has 1 amide bonds. The van der Waals surface area contributed by atoms with Gasteiger partial charge in [-0.15, -0.1) is 0 Å². The Hall–Kier alpha value is -3.36. The number of aromatic nitrogens is 2. The fourth-order valence-electron chi connectivity index (χ4n) is 3.53. The Balaban J connectivity index is 1.28. The van der Waals surface area contributed by atoms with E-state index in [1.807, 2.05) is 42.5 Å². The summed E-state index contributed by atoms with van der Waals surface area (Å²) in [6.45, 7) is 1.21. The van der Waals surface area contributed by atoms with Crippen LogP contribution < -0.4 is 21.1 Å². The minimum Gasteiger partial charge on any atom is -0.494 e. The molecular weight excluding hydrogens is 394 g/mol. The normalized spacial score (nSPS) is 13.5. The molecular formula is C23H27N5O3.